The Kier molecular flexibility index (Phi) is 3.73. The van der Waals surface area contributed by atoms with Gasteiger partial charge in [-0.3, -0.25) is 9.69 Å². The number of carbonyl (C=O) groups excluding carboxylic acids is 1. The van der Waals surface area contributed by atoms with Crippen molar-refractivity contribution in [3.63, 3.8) is 0 Å². The maximum absolute atomic E-state index is 13.2. The Labute approximate surface area is 178 Å². The van der Waals surface area contributed by atoms with E-state index >= 15 is 0 Å². The van der Waals surface area contributed by atoms with Gasteiger partial charge in [0.1, 0.15) is 0 Å². The Balaban J connectivity index is 1.58. The van der Waals surface area contributed by atoms with Crippen LogP contribution in [0.4, 0.5) is 5.69 Å². The summed E-state index contributed by atoms with van der Waals surface area (Å²) in [6.07, 6.45) is 2.01. The second kappa shape index (κ2) is 6.47. The van der Waals surface area contributed by atoms with Crippen LogP contribution in [-0.4, -0.2) is 16.0 Å². The van der Waals surface area contributed by atoms with Crippen LogP contribution in [0.5, 0.6) is 0 Å². The summed E-state index contributed by atoms with van der Waals surface area (Å²) in [7, 11) is 0. The molecule has 0 fully saturated rings. The zero-order valence-corrected chi connectivity index (χ0v) is 16.8. The maximum atomic E-state index is 13.2. The van der Waals surface area contributed by atoms with Gasteiger partial charge in [-0.1, -0.05) is 90.6 Å². The topological polar surface area (TPSA) is 44.7 Å². The molecule has 144 valence electrons. The van der Waals surface area contributed by atoms with E-state index < -0.39 is 5.54 Å². The molecule has 30 heavy (non-hydrogen) atoms. The van der Waals surface area contributed by atoms with Crippen LogP contribution in [0.1, 0.15) is 16.7 Å². The molecule has 1 amide bonds. The van der Waals surface area contributed by atoms with Gasteiger partial charge in [0.25, 0.3) is 5.91 Å². The predicted octanol–water partition coefficient (Wildman–Crippen LogP) is 5.29. The number of amidine groups is 1. The van der Waals surface area contributed by atoms with Crippen LogP contribution in [0.3, 0.4) is 0 Å². The van der Waals surface area contributed by atoms with Crippen molar-refractivity contribution in [2.75, 3.05) is 5.32 Å². The summed E-state index contributed by atoms with van der Waals surface area (Å²) >= 11 is 1.56. The lowest BCUT2D eigenvalue weighted by Gasteiger charge is -2.34. The zero-order valence-electron chi connectivity index (χ0n) is 15.9. The third-order valence-electron chi connectivity index (χ3n) is 5.64. The normalized spacial score (nSPS) is 21.5. The first kappa shape index (κ1) is 17.3. The summed E-state index contributed by atoms with van der Waals surface area (Å²) in [5, 5.41) is 5.94. The Morgan fingerprint density at radius 2 is 1.43 bits per heavy atom. The number of thioether (sulfide) groups is 1. The molecule has 6 rings (SSSR count). The van der Waals surface area contributed by atoms with Crippen molar-refractivity contribution in [3.05, 3.63) is 113 Å². The fourth-order valence-corrected chi connectivity index (χ4v) is 5.18. The summed E-state index contributed by atoms with van der Waals surface area (Å²) in [6, 6.07) is 28.3. The Morgan fingerprint density at radius 1 is 0.800 bits per heavy atom. The number of carbonyl (C=O) groups is 1. The first-order valence-electron chi connectivity index (χ1n) is 9.78. The summed E-state index contributed by atoms with van der Waals surface area (Å²) in [4.78, 5) is 20.4. The highest BCUT2D eigenvalue weighted by molar-refractivity contribution is 8.16. The van der Waals surface area contributed by atoms with E-state index in [-0.39, 0.29) is 5.91 Å². The number of nitrogens with zero attached hydrogens (tertiary/aromatic N) is 2. The molecule has 3 aliphatic heterocycles. The van der Waals surface area contributed by atoms with Crippen molar-refractivity contribution in [2.24, 2.45) is 4.99 Å². The Morgan fingerprint density at radius 3 is 2.17 bits per heavy atom. The van der Waals surface area contributed by atoms with Gasteiger partial charge in [0.15, 0.2) is 10.7 Å². The van der Waals surface area contributed by atoms with E-state index in [4.69, 9.17) is 4.99 Å². The molecule has 3 heterocycles. The fraction of sp³-hybridized carbons (Fsp3) is 0.0400. The van der Waals surface area contributed by atoms with Gasteiger partial charge in [-0.2, -0.15) is 0 Å². The molecule has 0 saturated carbocycles. The van der Waals surface area contributed by atoms with Crippen molar-refractivity contribution in [3.8, 4) is 0 Å². The molecule has 0 aliphatic carbocycles. The average Bonchev–Trinajstić information content (AvgIpc) is 3.34. The minimum absolute atomic E-state index is 0.113. The van der Waals surface area contributed by atoms with E-state index in [0.717, 1.165) is 38.9 Å². The number of hydrogen-bond donors (Lipinski definition) is 1. The lowest BCUT2D eigenvalue weighted by atomic mass is 9.88. The molecule has 1 unspecified atom stereocenters. The van der Waals surface area contributed by atoms with Crippen molar-refractivity contribution < 1.29 is 4.79 Å². The molecule has 3 aromatic carbocycles. The second-order valence-corrected chi connectivity index (χ2v) is 8.22. The van der Waals surface area contributed by atoms with E-state index in [1.54, 1.807) is 11.8 Å². The molecule has 1 spiro atoms. The van der Waals surface area contributed by atoms with Gasteiger partial charge in [-0.05, 0) is 23.3 Å². The second-order valence-electron chi connectivity index (χ2n) is 7.38. The standard InChI is InChI=1S/C25H17N3OS/c29-23-25(19-13-7-8-14-20(19)26-23)15-21(17-9-3-1-4-10-17)28-22(16-30-24(28)27-25)18-11-5-2-6-12-18/h1-16H,(H,26,29). The van der Waals surface area contributed by atoms with Crippen LogP contribution in [0.2, 0.25) is 0 Å². The Hall–Kier alpha value is -3.57. The number of aliphatic imine (C=N–C) groups is 1. The van der Waals surface area contributed by atoms with Crippen molar-refractivity contribution in [1.29, 1.82) is 0 Å². The van der Waals surface area contributed by atoms with Crippen LogP contribution in [0.25, 0.3) is 11.4 Å². The largest absolute Gasteiger partial charge is 0.323 e. The van der Waals surface area contributed by atoms with Crippen LogP contribution < -0.4 is 5.32 Å². The number of rotatable bonds is 2. The number of nitrogens with one attached hydrogen (secondary N) is 1. The van der Waals surface area contributed by atoms with Crippen LogP contribution in [0.15, 0.2) is 101 Å². The lowest BCUT2D eigenvalue weighted by Crippen LogP contribution is -2.38. The third kappa shape index (κ3) is 2.42. The minimum atomic E-state index is -1.05. The predicted molar refractivity (Wildman–Crippen MR) is 122 cm³/mol. The van der Waals surface area contributed by atoms with E-state index in [1.165, 1.54) is 0 Å². The van der Waals surface area contributed by atoms with Gasteiger partial charge in [-0.25, -0.2) is 4.99 Å². The number of anilines is 1. The highest BCUT2D eigenvalue weighted by Gasteiger charge is 2.50. The molecule has 0 radical (unpaired) electrons. The fourth-order valence-electron chi connectivity index (χ4n) is 4.22. The first-order valence-corrected chi connectivity index (χ1v) is 10.7. The molecular weight excluding hydrogens is 390 g/mol. The highest BCUT2D eigenvalue weighted by atomic mass is 32.2. The number of para-hydroxylation sites is 1. The molecule has 0 aromatic heterocycles. The van der Waals surface area contributed by atoms with E-state index in [2.05, 4.69) is 39.9 Å². The smallest absolute Gasteiger partial charge is 0.261 e. The lowest BCUT2D eigenvalue weighted by molar-refractivity contribution is -0.119. The quantitative estimate of drug-likeness (QED) is 0.628. The summed E-state index contributed by atoms with van der Waals surface area (Å²) < 4.78 is 0. The van der Waals surface area contributed by atoms with E-state index in [1.807, 2.05) is 66.7 Å². The van der Waals surface area contributed by atoms with Crippen molar-refractivity contribution in [2.45, 2.75) is 5.54 Å². The van der Waals surface area contributed by atoms with E-state index in [0.29, 0.717) is 0 Å². The maximum Gasteiger partial charge on any atom is 0.261 e. The number of amides is 1. The summed E-state index contributed by atoms with van der Waals surface area (Å²) in [6.45, 7) is 0. The highest BCUT2D eigenvalue weighted by Crippen LogP contribution is 2.50. The van der Waals surface area contributed by atoms with Crippen LogP contribution in [0, 0.1) is 0 Å². The van der Waals surface area contributed by atoms with Gasteiger partial charge in [0.2, 0.25) is 0 Å². The molecule has 5 heteroatoms. The molecule has 0 saturated heterocycles. The molecule has 0 bridgehead atoms. The van der Waals surface area contributed by atoms with Gasteiger partial charge < -0.3 is 5.32 Å². The summed E-state index contributed by atoms with van der Waals surface area (Å²) in [5.41, 5.74) is 4.85. The molecule has 4 nitrogen and oxygen atoms in total. The summed E-state index contributed by atoms with van der Waals surface area (Å²) in [5.74, 6) is -0.113. The van der Waals surface area contributed by atoms with Gasteiger partial charge in [-0.15, -0.1) is 0 Å². The van der Waals surface area contributed by atoms with Crippen LogP contribution >= 0.6 is 11.8 Å². The van der Waals surface area contributed by atoms with Crippen LogP contribution in [-0.2, 0) is 10.3 Å². The van der Waals surface area contributed by atoms with Gasteiger partial charge >= 0.3 is 0 Å². The number of fused-ring (bicyclic) bond motifs is 3. The average molecular weight is 407 g/mol. The molecular formula is C25H17N3OS. The van der Waals surface area contributed by atoms with Gasteiger partial charge in [0.05, 0.1) is 11.4 Å². The first-order chi connectivity index (χ1) is 14.8. The molecule has 3 aromatic rings. The third-order valence-corrected chi connectivity index (χ3v) is 6.46. The number of hydrogen-bond acceptors (Lipinski definition) is 4. The van der Waals surface area contributed by atoms with E-state index in [9.17, 15) is 4.79 Å². The molecule has 3 aliphatic rings. The molecule has 1 atom stereocenters. The van der Waals surface area contributed by atoms with Crippen molar-refractivity contribution >= 4 is 39.9 Å². The monoisotopic (exact) mass is 407 g/mol. The molecule has 1 N–H and O–H groups in total. The Bertz CT molecular complexity index is 1260. The number of benzene rings is 3. The van der Waals surface area contributed by atoms with Crippen molar-refractivity contribution in [1.82, 2.24) is 4.90 Å². The van der Waals surface area contributed by atoms with Gasteiger partial charge in [0, 0.05) is 16.7 Å². The zero-order chi connectivity index (χ0) is 20.1. The SMILES string of the molecule is O=C1Nc2ccccc2C12C=C(c1ccccc1)N1C(c3ccccc3)=CSC1=N2. The minimum Gasteiger partial charge on any atom is -0.323 e.